The lowest BCUT2D eigenvalue weighted by atomic mass is 10.1. The maximum Gasteiger partial charge on any atom is 0.240 e. The van der Waals surface area contributed by atoms with Crippen LogP contribution in [0.2, 0.25) is 0 Å². The highest BCUT2D eigenvalue weighted by molar-refractivity contribution is 5.91. The fourth-order valence-corrected chi connectivity index (χ4v) is 2.80. The number of nitrogens with two attached hydrogens (primary N) is 2. The third-order valence-corrected chi connectivity index (χ3v) is 4.03. The molecular weight excluding hydrogens is 248 g/mol. The average molecular weight is 268 g/mol. The molecule has 0 aromatic heterocycles. The minimum absolute atomic E-state index is 0.0823. The van der Waals surface area contributed by atoms with Crippen molar-refractivity contribution in [3.8, 4) is 0 Å². The van der Waals surface area contributed by atoms with E-state index in [0.717, 1.165) is 6.42 Å². The van der Waals surface area contributed by atoms with Crippen LogP contribution in [-0.2, 0) is 14.4 Å². The van der Waals surface area contributed by atoms with Crippen LogP contribution < -0.4 is 16.8 Å². The fourth-order valence-electron chi connectivity index (χ4n) is 2.80. The van der Waals surface area contributed by atoms with E-state index in [1.807, 2.05) is 0 Å². The summed E-state index contributed by atoms with van der Waals surface area (Å²) in [5, 5.41) is 2.55. The summed E-state index contributed by atoms with van der Waals surface area (Å²) < 4.78 is 0. The first-order chi connectivity index (χ1) is 8.97. The molecule has 0 bridgehead atoms. The number of likely N-dealkylation sites (tertiary alicyclic amines) is 1. The quantitative estimate of drug-likeness (QED) is 0.555. The van der Waals surface area contributed by atoms with E-state index in [2.05, 4.69) is 5.32 Å². The van der Waals surface area contributed by atoms with E-state index in [-0.39, 0.29) is 23.7 Å². The van der Waals surface area contributed by atoms with Gasteiger partial charge < -0.3 is 21.7 Å². The minimum Gasteiger partial charge on any atom is -0.368 e. The van der Waals surface area contributed by atoms with E-state index in [4.69, 9.17) is 11.5 Å². The van der Waals surface area contributed by atoms with E-state index < -0.39 is 18.0 Å². The molecule has 7 heteroatoms. The summed E-state index contributed by atoms with van der Waals surface area (Å²) in [5.74, 6) is -1.14. The second kappa shape index (κ2) is 5.16. The molecule has 7 nitrogen and oxygen atoms in total. The van der Waals surface area contributed by atoms with Crippen LogP contribution in [0.1, 0.15) is 19.3 Å². The van der Waals surface area contributed by atoms with Gasteiger partial charge in [-0.1, -0.05) is 0 Å². The van der Waals surface area contributed by atoms with Gasteiger partial charge in [-0.2, -0.15) is 0 Å². The molecule has 1 saturated heterocycles. The van der Waals surface area contributed by atoms with E-state index in [9.17, 15) is 14.4 Å². The van der Waals surface area contributed by atoms with Crippen LogP contribution in [0.3, 0.4) is 0 Å². The molecule has 0 radical (unpaired) electrons. The summed E-state index contributed by atoms with van der Waals surface area (Å²) >= 11 is 0. The van der Waals surface area contributed by atoms with Gasteiger partial charge in [0.1, 0.15) is 6.04 Å². The van der Waals surface area contributed by atoms with Gasteiger partial charge in [-0.05, 0) is 25.2 Å². The van der Waals surface area contributed by atoms with Crippen LogP contribution in [0.5, 0.6) is 0 Å². The average Bonchev–Trinajstić information content (AvgIpc) is 3.03. The zero-order valence-electron chi connectivity index (χ0n) is 11.0. The van der Waals surface area contributed by atoms with Gasteiger partial charge in [0.25, 0.3) is 0 Å². The minimum atomic E-state index is -0.720. The number of amides is 3. The number of carbonyl (C=O) groups excluding carboxylic acids is 3. The SMILES string of the molecule is CNC(=O)[C@H]1C[C@H]1[C@H](N)C(=O)N1CCC[C@H]1C(N)=O. The van der Waals surface area contributed by atoms with E-state index in [1.165, 1.54) is 4.90 Å². The Kier molecular flexibility index (Phi) is 3.75. The first-order valence-corrected chi connectivity index (χ1v) is 6.54. The van der Waals surface area contributed by atoms with Gasteiger partial charge in [0.15, 0.2) is 0 Å². The lowest BCUT2D eigenvalue weighted by molar-refractivity contribution is -0.138. The molecule has 0 spiro atoms. The summed E-state index contributed by atoms with van der Waals surface area (Å²) in [6.45, 7) is 0.511. The van der Waals surface area contributed by atoms with Crippen molar-refractivity contribution in [2.45, 2.75) is 31.3 Å². The molecule has 0 aromatic carbocycles. The van der Waals surface area contributed by atoms with Crippen LogP contribution in [-0.4, -0.2) is 48.3 Å². The molecule has 3 amide bonds. The van der Waals surface area contributed by atoms with E-state index >= 15 is 0 Å². The molecule has 2 aliphatic rings. The lowest BCUT2D eigenvalue weighted by Crippen LogP contribution is -2.51. The van der Waals surface area contributed by atoms with Gasteiger partial charge in [0, 0.05) is 19.5 Å². The maximum atomic E-state index is 12.3. The molecule has 0 aromatic rings. The number of hydrogen-bond donors (Lipinski definition) is 3. The summed E-state index contributed by atoms with van der Waals surface area (Å²) in [7, 11) is 1.56. The normalized spacial score (nSPS) is 30.8. The van der Waals surface area contributed by atoms with Crippen molar-refractivity contribution < 1.29 is 14.4 Å². The fraction of sp³-hybridized carbons (Fsp3) is 0.750. The molecule has 106 valence electrons. The molecule has 1 aliphatic heterocycles. The Bertz CT molecular complexity index is 412. The number of carbonyl (C=O) groups is 3. The zero-order chi connectivity index (χ0) is 14.2. The molecule has 1 heterocycles. The zero-order valence-corrected chi connectivity index (χ0v) is 11.0. The Balaban J connectivity index is 1.97. The molecule has 5 N–H and O–H groups in total. The summed E-state index contributed by atoms with van der Waals surface area (Å²) in [6, 6.07) is -1.27. The standard InChI is InChI=1S/C12H20N4O3/c1-15-11(18)7-5-6(7)9(13)12(19)16-4-2-3-8(16)10(14)17/h6-9H,2-5,13H2,1H3,(H2,14,17)(H,15,18)/t6-,7+,8+,9+/m1/s1. The molecule has 2 rings (SSSR count). The van der Waals surface area contributed by atoms with Crippen molar-refractivity contribution in [2.24, 2.45) is 23.3 Å². The van der Waals surface area contributed by atoms with Crippen LogP contribution in [0, 0.1) is 11.8 Å². The molecule has 1 saturated carbocycles. The second-order valence-corrected chi connectivity index (χ2v) is 5.24. The highest BCUT2D eigenvalue weighted by atomic mass is 16.2. The molecule has 0 unspecified atom stereocenters. The topological polar surface area (TPSA) is 119 Å². The van der Waals surface area contributed by atoms with Gasteiger partial charge >= 0.3 is 0 Å². The number of primary amides is 1. The van der Waals surface area contributed by atoms with Crippen LogP contribution in [0.15, 0.2) is 0 Å². The first kappa shape index (κ1) is 13.8. The second-order valence-electron chi connectivity index (χ2n) is 5.24. The van der Waals surface area contributed by atoms with Gasteiger partial charge in [-0.3, -0.25) is 14.4 Å². The van der Waals surface area contributed by atoms with Crippen molar-refractivity contribution in [3.05, 3.63) is 0 Å². The van der Waals surface area contributed by atoms with Crippen molar-refractivity contribution in [2.75, 3.05) is 13.6 Å². The lowest BCUT2D eigenvalue weighted by Gasteiger charge is -2.25. The Labute approximate surface area is 111 Å². The van der Waals surface area contributed by atoms with Gasteiger partial charge in [0.2, 0.25) is 17.7 Å². The van der Waals surface area contributed by atoms with Crippen LogP contribution in [0.25, 0.3) is 0 Å². The molecule has 1 aliphatic carbocycles. The Morgan fingerprint density at radius 2 is 2.05 bits per heavy atom. The Morgan fingerprint density at radius 1 is 1.37 bits per heavy atom. The van der Waals surface area contributed by atoms with E-state index in [1.54, 1.807) is 7.05 Å². The van der Waals surface area contributed by atoms with Crippen LogP contribution >= 0.6 is 0 Å². The highest BCUT2D eigenvalue weighted by Gasteiger charge is 2.50. The van der Waals surface area contributed by atoms with Crippen molar-refractivity contribution >= 4 is 17.7 Å². The number of hydrogen-bond acceptors (Lipinski definition) is 4. The molecule has 2 fully saturated rings. The summed E-state index contributed by atoms with van der Waals surface area (Å²) in [5.41, 5.74) is 11.2. The monoisotopic (exact) mass is 268 g/mol. The third kappa shape index (κ3) is 2.56. The number of nitrogens with zero attached hydrogens (tertiary/aromatic N) is 1. The van der Waals surface area contributed by atoms with E-state index in [0.29, 0.717) is 19.4 Å². The predicted molar refractivity (Wildman–Crippen MR) is 67.6 cm³/mol. The van der Waals surface area contributed by atoms with Crippen molar-refractivity contribution in [1.29, 1.82) is 0 Å². The highest BCUT2D eigenvalue weighted by Crippen LogP contribution is 2.41. The molecule has 19 heavy (non-hydrogen) atoms. The van der Waals surface area contributed by atoms with Crippen molar-refractivity contribution in [3.63, 3.8) is 0 Å². The van der Waals surface area contributed by atoms with Gasteiger partial charge in [-0.25, -0.2) is 0 Å². The van der Waals surface area contributed by atoms with Gasteiger partial charge in [0.05, 0.1) is 6.04 Å². The maximum absolute atomic E-state index is 12.3. The first-order valence-electron chi connectivity index (χ1n) is 6.54. The Morgan fingerprint density at radius 3 is 2.63 bits per heavy atom. The Hall–Kier alpha value is -1.63. The van der Waals surface area contributed by atoms with Gasteiger partial charge in [-0.15, -0.1) is 0 Å². The number of rotatable bonds is 4. The summed E-state index contributed by atoms with van der Waals surface area (Å²) in [4.78, 5) is 36.4. The summed E-state index contributed by atoms with van der Waals surface area (Å²) in [6.07, 6.45) is 1.98. The predicted octanol–water partition coefficient (Wildman–Crippen LogP) is -1.83. The molecular formula is C12H20N4O3. The third-order valence-electron chi connectivity index (χ3n) is 4.03. The largest absolute Gasteiger partial charge is 0.368 e. The van der Waals surface area contributed by atoms with Crippen molar-refractivity contribution in [1.82, 2.24) is 10.2 Å². The molecule has 4 atom stereocenters. The van der Waals surface area contributed by atoms with Crippen LogP contribution in [0.4, 0.5) is 0 Å². The number of nitrogens with one attached hydrogen (secondary N) is 1. The smallest absolute Gasteiger partial charge is 0.240 e.